The van der Waals surface area contributed by atoms with Crippen molar-refractivity contribution in [3.05, 3.63) is 11.4 Å². The van der Waals surface area contributed by atoms with E-state index in [1.54, 1.807) is 0 Å². The van der Waals surface area contributed by atoms with Crippen molar-refractivity contribution >= 4 is 11.9 Å². The van der Waals surface area contributed by atoms with Crippen LogP contribution in [0.4, 0.5) is 0 Å². The van der Waals surface area contributed by atoms with Crippen LogP contribution in [-0.2, 0) is 11.3 Å². The summed E-state index contributed by atoms with van der Waals surface area (Å²) >= 11 is 0. The molecule has 0 spiro atoms. The molecule has 0 bridgehead atoms. The molecular weight excluding hydrogens is 206 g/mol. The average Bonchev–Trinajstić information content (AvgIpc) is 2.50. The van der Waals surface area contributed by atoms with Crippen molar-refractivity contribution in [2.75, 3.05) is 13.6 Å². The Balaban J connectivity index is 2.67. The number of aromatic carboxylic acids is 1. The lowest BCUT2D eigenvalue weighted by atomic mass is 10.3. The van der Waals surface area contributed by atoms with Gasteiger partial charge in [-0.05, 0) is 12.2 Å². The summed E-state index contributed by atoms with van der Waals surface area (Å²) in [4.78, 5) is 22.3. The largest absolute Gasteiger partial charge is 0.480 e. The molecule has 0 aliphatic heterocycles. The Morgan fingerprint density at radius 3 is 2.60 bits per heavy atom. The Bertz CT molecular complexity index is 374. The van der Waals surface area contributed by atoms with E-state index in [0.29, 0.717) is 0 Å². The van der Waals surface area contributed by atoms with Gasteiger partial charge in [0, 0.05) is 6.54 Å². The average molecular weight is 215 g/mol. The number of carbonyl (C=O) groups is 2. The molecule has 0 unspecified atom stereocenters. The molecule has 1 aromatic heterocycles. The van der Waals surface area contributed by atoms with Crippen molar-refractivity contribution in [3.8, 4) is 0 Å². The van der Waals surface area contributed by atoms with E-state index in [0.717, 1.165) is 0 Å². The number of nitrogens with zero attached hydrogens (tertiary/aromatic N) is 3. The Hall–Kier alpha value is -1.96. The van der Waals surface area contributed by atoms with Gasteiger partial charge in [0.25, 0.3) is 0 Å². The molecule has 15 heavy (non-hydrogen) atoms. The van der Waals surface area contributed by atoms with Crippen LogP contribution in [0.1, 0.15) is 16.2 Å². The third kappa shape index (κ3) is 3.02. The van der Waals surface area contributed by atoms with E-state index in [2.05, 4.69) is 14.9 Å². The highest BCUT2D eigenvalue weighted by molar-refractivity contribution is 5.86. The minimum Gasteiger partial charge on any atom is -0.480 e. The summed E-state index contributed by atoms with van der Waals surface area (Å²) in [7, 11) is 1.52. The molecule has 0 aliphatic rings. The zero-order valence-electron chi connectivity index (χ0n) is 7.88. The maximum Gasteiger partial charge on any atom is 0.360 e. The van der Waals surface area contributed by atoms with Gasteiger partial charge in [-0.2, -0.15) is 0 Å². The van der Waals surface area contributed by atoms with E-state index in [-0.39, 0.29) is 24.5 Å². The number of hydrogen-bond donors (Lipinski definition) is 2. The van der Waals surface area contributed by atoms with E-state index in [1.165, 1.54) is 11.9 Å². The molecule has 0 radical (unpaired) electrons. The Labute approximate surface area is 84.1 Å². The molecule has 0 atom stereocenters. The second-order valence-corrected chi connectivity index (χ2v) is 2.93. The Morgan fingerprint density at radius 2 is 2.07 bits per heavy atom. The van der Waals surface area contributed by atoms with Crippen molar-refractivity contribution in [2.45, 2.75) is 6.54 Å². The molecule has 2 N–H and O–H groups in total. The van der Waals surface area contributed by atoms with Gasteiger partial charge in [-0.15, -0.1) is 0 Å². The van der Waals surface area contributed by atoms with E-state index < -0.39 is 11.9 Å². The minimum absolute atomic E-state index is 0.0530. The minimum atomic E-state index is -1.25. The van der Waals surface area contributed by atoms with Crippen LogP contribution in [-0.4, -0.2) is 51.0 Å². The molecular formula is C7H9N3O5. The van der Waals surface area contributed by atoms with Crippen LogP contribution in [0.25, 0.3) is 0 Å². The van der Waals surface area contributed by atoms with E-state index in [1.807, 2.05) is 0 Å². The van der Waals surface area contributed by atoms with Gasteiger partial charge in [0.15, 0.2) is 0 Å². The number of hydrogen-bond acceptors (Lipinski definition) is 6. The van der Waals surface area contributed by atoms with E-state index in [4.69, 9.17) is 10.2 Å². The van der Waals surface area contributed by atoms with Gasteiger partial charge in [0.2, 0.25) is 5.69 Å². The smallest absolute Gasteiger partial charge is 0.360 e. The van der Waals surface area contributed by atoms with Gasteiger partial charge in [0.05, 0.1) is 6.54 Å². The summed E-state index contributed by atoms with van der Waals surface area (Å²) in [6, 6.07) is 0. The number of rotatable bonds is 5. The molecule has 0 aromatic carbocycles. The molecule has 0 aliphatic carbocycles. The number of carboxylic acid groups (broad SMARTS) is 2. The molecule has 0 amide bonds. The monoisotopic (exact) mass is 215 g/mol. The predicted molar refractivity (Wildman–Crippen MR) is 45.2 cm³/mol. The predicted octanol–water partition coefficient (Wildman–Crippen LogP) is -0.716. The Kier molecular flexibility index (Phi) is 3.34. The van der Waals surface area contributed by atoms with Crippen LogP contribution in [0.3, 0.4) is 0 Å². The molecule has 1 heterocycles. The highest BCUT2D eigenvalue weighted by Crippen LogP contribution is 2.05. The van der Waals surface area contributed by atoms with Crippen LogP contribution in [0, 0.1) is 0 Å². The van der Waals surface area contributed by atoms with Crippen molar-refractivity contribution in [1.82, 2.24) is 15.2 Å². The Morgan fingerprint density at radius 1 is 1.40 bits per heavy atom. The quantitative estimate of drug-likeness (QED) is 0.661. The van der Waals surface area contributed by atoms with E-state index >= 15 is 0 Å². The van der Waals surface area contributed by atoms with Gasteiger partial charge in [0.1, 0.15) is 5.69 Å². The van der Waals surface area contributed by atoms with Crippen molar-refractivity contribution in [3.63, 3.8) is 0 Å². The van der Waals surface area contributed by atoms with Crippen LogP contribution < -0.4 is 0 Å². The normalized spacial score (nSPS) is 10.5. The lowest BCUT2D eigenvalue weighted by Gasteiger charge is -2.10. The maximum atomic E-state index is 10.6. The third-order valence-electron chi connectivity index (χ3n) is 1.58. The van der Waals surface area contributed by atoms with Gasteiger partial charge in [-0.3, -0.25) is 9.69 Å². The van der Waals surface area contributed by atoms with Crippen LogP contribution in [0.5, 0.6) is 0 Å². The first-order chi connectivity index (χ1) is 7.00. The molecule has 0 fully saturated rings. The second-order valence-electron chi connectivity index (χ2n) is 2.93. The molecule has 0 saturated heterocycles. The fourth-order valence-corrected chi connectivity index (χ4v) is 1.02. The van der Waals surface area contributed by atoms with Crippen LogP contribution >= 0.6 is 0 Å². The maximum absolute atomic E-state index is 10.6. The van der Waals surface area contributed by atoms with Gasteiger partial charge >= 0.3 is 11.9 Å². The SMILES string of the molecule is CN(CC(=O)O)Cc1nonc1C(=O)O. The number of likely N-dealkylation sites (N-methyl/N-ethyl adjacent to an activating group) is 1. The molecule has 1 aromatic rings. The highest BCUT2D eigenvalue weighted by atomic mass is 16.6. The lowest BCUT2D eigenvalue weighted by molar-refractivity contribution is -0.138. The fraction of sp³-hybridized carbons (Fsp3) is 0.429. The van der Waals surface area contributed by atoms with Crippen molar-refractivity contribution < 1.29 is 24.4 Å². The highest BCUT2D eigenvalue weighted by Gasteiger charge is 2.18. The molecule has 82 valence electrons. The summed E-state index contributed by atoms with van der Waals surface area (Å²) in [6.07, 6.45) is 0. The summed E-state index contributed by atoms with van der Waals surface area (Å²) in [5.41, 5.74) is -0.196. The summed E-state index contributed by atoms with van der Waals surface area (Å²) in [5.74, 6) is -2.26. The standard InChI is InChI=1S/C7H9N3O5/c1-10(3-5(11)12)2-4-6(7(13)14)9-15-8-4/h2-3H2,1H3,(H,11,12)(H,13,14). The van der Waals surface area contributed by atoms with Crippen molar-refractivity contribution in [2.24, 2.45) is 0 Å². The molecule has 8 nitrogen and oxygen atoms in total. The number of carboxylic acids is 2. The zero-order valence-corrected chi connectivity index (χ0v) is 7.88. The second kappa shape index (κ2) is 4.51. The molecule has 1 rings (SSSR count). The van der Waals surface area contributed by atoms with Gasteiger partial charge in [-0.1, -0.05) is 5.16 Å². The summed E-state index contributed by atoms with van der Waals surface area (Å²) in [6.45, 7) is -0.163. The molecule has 0 saturated carbocycles. The number of aliphatic carboxylic acids is 1. The third-order valence-corrected chi connectivity index (χ3v) is 1.58. The van der Waals surface area contributed by atoms with E-state index in [9.17, 15) is 9.59 Å². The summed E-state index contributed by atoms with van der Waals surface area (Å²) in [5, 5.41) is 23.7. The van der Waals surface area contributed by atoms with Gasteiger partial charge in [-0.25, -0.2) is 9.42 Å². The van der Waals surface area contributed by atoms with Gasteiger partial charge < -0.3 is 10.2 Å². The topological polar surface area (TPSA) is 117 Å². The first kappa shape index (κ1) is 11.1. The first-order valence-corrected chi connectivity index (χ1v) is 3.95. The first-order valence-electron chi connectivity index (χ1n) is 3.95. The summed E-state index contributed by atoms with van der Waals surface area (Å²) < 4.78 is 4.26. The number of aromatic nitrogens is 2. The lowest BCUT2D eigenvalue weighted by Crippen LogP contribution is -2.26. The fourth-order valence-electron chi connectivity index (χ4n) is 1.02. The zero-order chi connectivity index (χ0) is 11.4. The van der Waals surface area contributed by atoms with Crippen LogP contribution in [0.2, 0.25) is 0 Å². The van der Waals surface area contributed by atoms with Crippen molar-refractivity contribution in [1.29, 1.82) is 0 Å². The van der Waals surface area contributed by atoms with Crippen LogP contribution in [0.15, 0.2) is 4.63 Å². The molecule has 8 heteroatoms.